The minimum atomic E-state index is -3.05. The quantitative estimate of drug-likeness (QED) is 0.521. The Morgan fingerprint density at radius 1 is 1.32 bits per heavy atom. The first-order valence-corrected chi connectivity index (χ1v) is 9.57. The molecule has 1 amide bonds. The summed E-state index contributed by atoms with van der Waals surface area (Å²) in [6.45, 7) is -0.391. The van der Waals surface area contributed by atoms with Gasteiger partial charge in [0.2, 0.25) is 0 Å². The van der Waals surface area contributed by atoms with Crippen LogP contribution in [0.5, 0.6) is 0 Å². The van der Waals surface area contributed by atoms with Crippen LogP contribution in [-0.2, 0) is 19.4 Å². The number of likely N-dealkylation sites (N-methyl/N-ethyl adjacent to an activating group) is 1. The van der Waals surface area contributed by atoms with Crippen LogP contribution in [0.2, 0.25) is 0 Å². The van der Waals surface area contributed by atoms with Gasteiger partial charge in [-0.05, 0) is 53.3 Å². The molecule has 0 spiro atoms. The second-order valence-electron chi connectivity index (χ2n) is 5.14. The molecular weight excluding hydrogens is 421 g/mol. The van der Waals surface area contributed by atoms with Gasteiger partial charge in [-0.3, -0.25) is 4.79 Å². The van der Waals surface area contributed by atoms with Gasteiger partial charge in [-0.25, -0.2) is 13.2 Å². The van der Waals surface area contributed by atoms with Crippen molar-refractivity contribution in [1.82, 2.24) is 4.90 Å². The van der Waals surface area contributed by atoms with E-state index in [4.69, 9.17) is 4.74 Å². The molecule has 0 radical (unpaired) electrons. The normalized spacial score (nSPS) is 19.6. The molecule has 0 aromatic heterocycles. The van der Waals surface area contributed by atoms with Crippen molar-refractivity contribution in [2.45, 2.75) is 12.5 Å². The third-order valence-electron chi connectivity index (χ3n) is 3.56. The number of esters is 1. The minimum Gasteiger partial charge on any atom is -0.452 e. The first-order chi connectivity index (χ1) is 10.3. The van der Waals surface area contributed by atoms with Crippen molar-refractivity contribution in [1.29, 1.82) is 0 Å². The lowest BCUT2D eigenvalue weighted by Crippen LogP contribution is -2.40. The molecule has 1 heterocycles. The monoisotopic (exact) mass is 437 g/mol. The summed E-state index contributed by atoms with van der Waals surface area (Å²) in [4.78, 5) is 25.2. The van der Waals surface area contributed by atoms with E-state index in [1.807, 2.05) is 0 Å². The van der Waals surface area contributed by atoms with Crippen molar-refractivity contribution < 1.29 is 22.7 Å². The molecule has 1 fully saturated rings. The molecule has 1 saturated heterocycles. The number of halogens is 1. The Bertz CT molecular complexity index is 671. The predicted octanol–water partition coefficient (Wildman–Crippen LogP) is 1.09. The van der Waals surface area contributed by atoms with Crippen LogP contribution in [0.1, 0.15) is 16.8 Å². The molecule has 6 nitrogen and oxygen atoms in total. The lowest BCUT2D eigenvalue weighted by molar-refractivity contribution is -0.134. The molecule has 1 aromatic carbocycles. The van der Waals surface area contributed by atoms with E-state index in [0.29, 0.717) is 12.0 Å². The van der Waals surface area contributed by atoms with Gasteiger partial charge in [-0.1, -0.05) is 0 Å². The molecule has 0 bridgehead atoms. The topological polar surface area (TPSA) is 80.8 Å². The minimum absolute atomic E-state index is 0.0275. The zero-order valence-electron chi connectivity index (χ0n) is 12.0. The molecule has 0 N–H and O–H groups in total. The molecule has 0 unspecified atom stereocenters. The fourth-order valence-electron chi connectivity index (χ4n) is 2.18. The summed E-state index contributed by atoms with van der Waals surface area (Å²) in [7, 11) is -1.52. The zero-order chi connectivity index (χ0) is 16.3. The number of hydrogen-bond donors (Lipinski definition) is 0. The lowest BCUT2D eigenvalue weighted by atomic mass is 10.2. The summed E-state index contributed by atoms with van der Waals surface area (Å²) in [5.41, 5.74) is 0.374. The van der Waals surface area contributed by atoms with Crippen LogP contribution in [0.4, 0.5) is 0 Å². The van der Waals surface area contributed by atoms with Crippen molar-refractivity contribution in [3.05, 3.63) is 33.4 Å². The first kappa shape index (κ1) is 17.2. The van der Waals surface area contributed by atoms with Gasteiger partial charge < -0.3 is 9.64 Å². The van der Waals surface area contributed by atoms with Crippen molar-refractivity contribution in [2.24, 2.45) is 0 Å². The van der Waals surface area contributed by atoms with Gasteiger partial charge in [0.1, 0.15) is 0 Å². The number of carbonyl (C=O) groups is 2. The van der Waals surface area contributed by atoms with Crippen molar-refractivity contribution in [2.75, 3.05) is 25.2 Å². The largest absolute Gasteiger partial charge is 0.452 e. The highest BCUT2D eigenvalue weighted by molar-refractivity contribution is 14.1. The highest BCUT2D eigenvalue weighted by Gasteiger charge is 2.32. The Labute approximate surface area is 142 Å². The number of nitrogens with zero attached hydrogens (tertiary/aromatic N) is 1. The fraction of sp³-hybridized carbons (Fsp3) is 0.429. The standard InChI is InChI=1S/C14H16INO5S/c1-16(12-6-7-22(19,20)9-12)13(17)8-21-14(18)10-2-4-11(15)5-3-10/h2-5,12H,6-9H2,1H3/t12-/m1/s1. The van der Waals surface area contributed by atoms with E-state index in [2.05, 4.69) is 22.6 Å². The first-order valence-electron chi connectivity index (χ1n) is 6.67. The summed E-state index contributed by atoms with van der Waals surface area (Å²) in [5, 5.41) is 0. The highest BCUT2D eigenvalue weighted by Crippen LogP contribution is 2.16. The maximum absolute atomic E-state index is 12.0. The molecular formula is C14H16INO5S. The van der Waals surface area contributed by atoms with E-state index < -0.39 is 28.3 Å². The van der Waals surface area contributed by atoms with E-state index in [-0.39, 0.29) is 17.5 Å². The summed E-state index contributed by atoms with van der Waals surface area (Å²) >= 11 is 2.12. The van der Waals surface area contributed by atoms with Crippen LogP contribution < -0.4 is 0 Å². The van der Waals surface area contributed by atoms with E-state index in [1.54, 1.807) is 24.3 Å². The number of carbonyl (C=O) groups excluding carboxylic acids is 2. The average Bonchev–Trinajstić information content (AvgIpc) is 2.84. The van der Waals surface area contributed by atoms with Crippen LogP contribution >= 0.6 is 22.6 Å². The molecule has 120 valence electrons. The smallest absolute Gasteiger partial charge is 0.338 e. The van der Waals surface area contributed by atoms with E-state index in [0.717, 1.165) is 3.57 Å². The van der Waals surface area contributed by atoms with Crippen molar-refractivity contribution in [3.8, 4) is 0 Å². The van der Waals surface area contributed by atoms with E-state index in [9.17, 15) is 18.0 Å². The molecule has 22 heavy (non-hydrogen) atoms. The molecule has 0 saturated carbocycles. The van der Waals surface area contributed by atoms with Gasteiger partial charge in [0.15, 0.2) is 16.4 Å². The maximum atomic E-state index is 12.0. The Morgan fingerprint density at radius 3 is 2.50 bits per heavy atom. The van der Waals surface area contributed by atoms with Crippen LogP contribution in [0.25, 0.3) is 0 Å². The number of hydrogen-bond acceptors (Lipinski definition) is 5. The molecule has 0 aliphatic carbocycles. The van der Waals surface area contributed by atoms with Gasteiger partial charge in [-0.2, -0.15) is 0 Å². The van der Waals surface area contributed by atoms with Gasteiger partial charge in [0.05, 0.1) is 17.1 Å². The van der Waals surface area contributed by atoms with Gasteiger partial charge >= 0.3 is 5.97 Å². The molecule has 1 aliphatic rings. The molecule has 1 aromatic rings. The summed E-state index contributed by atoms with van der Waals surface area (Å²) in [6.07, 6.45) is 0.426. The van der Waals surface area contributed by atoms with Crippen LogP contribution in [0.15, 0.2) is 24.3 Å². The predicted molar refractivity (Wildman–Crippen MR) is 89.3 cm³/mol. The average molecular weight is 437 g/mol. The number of amides is 1. The zero-order valence-corrected chi connectivity index (χ0v) is 15.0. The summed E-state index contributed by atoms with van der Waals surface area (Å²) in [6, 6.07) is 6.46. The third-order valence-corrected chi connectivity index (χ3v) is 6.03. The molecule has 8 heteroatoms. The van der Waals surface area contributed by atoms with Crippen LogP contribution in [0.3, 0.4) is 0 Å². The highest BCUT2D eigenvalue weighted by atomic mass is 127. The maximum Gasteiger partial charge on any atom is 0.338 e. The Morgan fingerprint density at radius 2 is 1.95 bits per heavy atom. The Hall–Kier alpha value is -1.16. The number of benzene rings is 1. The summed E-state index contributed by atoms with van der Waals surface area (Å²) in [5.74, 6) is -0.906. The fourth-order valence-corrected chi connectivity index (χ4v) is 4.32. The lowest BCUT2D eigenvalue weighted by Gasteiger charge is -2.23. The van der Waals surface area contributed by atoms with Gasteiger partial charge in [-0.15, -0.1) is 0 Å². The van der Waals surface area contributed by atoms with Crippen molar-refractivity contribution >= 4 is 44.3 Å². The molecule has 2 rings (SSSR count). The number of rotatable bonds is 4. The van der Waals surface area contributed by atoms with Crippen LogP contribution in [0, 0.1) is 3.57 Å². The summed E-state index contributed by atoms with van der Waals surface area (Å²) < 4.78 is 28.8. The molecule has 1 atom stereocenters. The van der Waals surface area contributed by atoms with Crippen LogP contribution in [-0.4, -0.2) is 56.4 Å². The van der Waals surface area contributed by atoms with Gasteiger partial charge in [0.25, 0.3) is 5.91 Å². The van der Waals surface area contributed by atoms with E-state index in [1.165, 1.54) is 11.9 Å². The Balaban J connectivity index is 1.87. The van der Waals surface area contributed by atoms with Crippen molar-refractivity contribution in [3.63, 3.8) is 0 Å². The van der Waals surface area contributed by atoms with E-state index >= 15 is 0 Å². The SMILES string of the molecule is CN(C(=O)COC(=O)c1ccc(I)cc1)[C@@H]1CCS(=O)(=O)C1. The Kier molecular flexibility index (Phi) is 5.43. The number of sulfone groups is 1. The third kappa shape index (κ3) is 4.42. The second-order valence-corrected chi connectivity index (χ2v) is 8.62. The number of ether oxygens (including phenoxy) is 1. The van der Waals surface area contributed by atoms with Gasteiger partial charge in [0, 0.05) is 16.7 Å². The second kappa shape index (κ2) is 6.95. The molecule has 1 aliphatic heterocycles.